The van der Waals surface area contributed by atoms with Crippen LogP contribution in [0.3, 0.4) is 0 Å². The number of carbonyl (C=O) groups is 1. The molecule has 0 saturated heterocycles. The highest BCUT2D eigenvalue weighted by Crippen LogP contribution is 2.20. The molecule has 2 N–H and O–H groups in total. The molecule has 0 aliphatic carbocycles. The van der Waals surface area contributed by atoms with Gasteiger partial charge in [0, 0.05) is 31.4 Å². The van der Waals surface area contributed by atoms with Crippen LogP contribution < -0.4 is 10.0 Å². The van der Waals surface area contributed by atoms with Crippen molar-refractivity contribution in [3.05, 3.63) is 59.2 Å². The molecular formula is C19H26ClN3O3S. The summed E-state index contributed by atoms with van der Waals surface area (Å²) in [6, 6.07) is 11.7. The Kier molecular flexibility index (Phi) is 8.27. The zero-order valence-electron chi connectivity index (χ0n) is 15.9. The molecule has 1 amide bonds. The first kappa shape index (κ1) is 23.0. The van der Waals surface area contributed by atoms with Crippen molar-refractivity contribution in [1.82, 2.24) is 10.2 Å². The minimum atomic E-state index is -3.77. The van der Waals surface area contributed by atoms with Crippen LogP contribution in [0, 0.1) is 13.8 Å². The summed E-state index contributed by atoms with van der Waals surface area (Å²) in [5.74, 6) is -0.204. The van der Waals surface area contributed by atoms with Gasteiger partial charge < -0.3 is 10.2 Å². The van der Waals surface area contributed by atoms with E-state index in [0.29, 0.717) is 24.3 Å². The number of anilines is 1. The molecule has 0 radical (unpaired) electrons. The van der Waals surface area contributed by atoms with Gasteiger partial charge in [0.05, 0.1) is 4.90 Å². The number of likely N-dealkylation sites (N-methyl/N-ethyl adjacent to an activating group) is 2. The number of benzene rings is 2. The Morgan fingerprint density at radius 3 is 2.30 bits per heavy atom. The Hall–Kier alpha value is -2.09. The Bertz CT molecular complexity index is 884. The van der Waals surface area contributed by atoms with Crippen LogP contribution in [-0.2, 0) is 10.0 Å². The summed E-state index contributed by atoms with van der Waals surface area (Å²) in [6.45, 7) is 4.92. The maximum Gasteiger partial charge on any atom is 0.261 e. The summed E-state index contributed by atoms with van der Waals surface area (Å²) in [6.07, 6.45) is 0. The standard InChI is InChI=1S/C19H25N3O3S.ClH/c1-14-5-8-16(9-6-14)21-26(24,25)17-10-7-15(2)18(13-17)19(23)22(4)12-11-20-3;/h5-10,13,20-21H,11-12H2,1-4H3;1H. The molecule has 6 nitrogen and oxygen atoms in total. The fourth-order valence-electron chi connectivity index (χ4n) is 2.42. The summed E-state index contributed by atoms with van der Waals surface area (Å²) < 4.78 is 27.9. The number of halogens is 1. The lowest BCUT2D eigenvalue weighted by molar-refractivity contribution is 0.0796. The van der Waals surface area contributed by atoms with Gasteiger partial charge in [0.1, 0.15) is 0 Å². The lowest BCUT2D eigenvalue weighted by atomic mass is 10.1. The van der Waals surface area contributed by atoms with Crippen LogP contribution in [-0.4, -0.2) is 46.4 Å². The number of hydrogen-bond donors (Lipinski definition) is 2. The number of rotatable bonds is 7. The maximum atomic E-state index is 12.7. The first-order valence-corrected chi connectivity index (χ1v) is 9.83. The second-order valence-corrected chi connectivity index (χ2v) is 7.96. The fraction of sp³-hybridized carbons (Fsp3) is 0.316. The minimum absolute atomic E-state index is 0. The molecule has 2 aromatic rings. The van der Waals surface area contributed by atoms with Crippen LogP contribution in [0.15, 0.2) is 47.4 Å². The smallest absolute Gasteiger partial charge is 0.261 e. The average Bonchev–Trinajstić information content (AvgIpc) is 2.61. The van der Waals surface area contributed by atoms with Gasteiger partial charge in [0.15, 0.2) is 0 Å². The number of hydrogen-bond acceptors (Lipinski definition) is 4. The van der Waals surface area contributed by atoms with Gasteiger partial charge >= 0.3 is 0 Å². The predicted octanol–water partition coefficient (Wildman–Crippen LogP) is 2.82. The van der Waals surface area contributed by atoms with Crippen LogP contribution in [0.5, 0.6) is 0 Å². The monoisotopic (exact) mass is 411 g/mol. The van der Waals surface area contributed by atoms with E-state index in [9.17, 15) is 13.2 Å². The third-order valence-corrected chi connectivity index (χ3v) is 5.48. The second-order valence-electron chi connectivity index (χ2n) is 6.28. The topological polar surface area (TPSA) is 78.5 Å². The number of nitrogens with zero attached hydrogens (tertiary/aromatic N) is 1. The fourth-order valence-corrected chi connectivity index (χ4v) is 3.51. The van der Waals surface area contributed by atoms with Crippen molar-refractivity contribution in [2.24, 2.45) is 0 Å². The van der Waals surface area contributed by atoms with Crippen molar-refractivity contribution in [3.63, 3.8) is 0 Å². The molecule has 8 heteroatoms. The van der Waals surface area contributed by atoms with Gasteiger partial charge in [-0.2, -0.15) is 0 Å². The molecule has 2 aromatic carbocycles. The van der Waals surface area contributed by atoms with Gasteiger partial charge in [0.25, 0.3) is 15.9 Å². The highest BCUT2D eigenvalue weighted by molar-refractivity contribution is 7.92. The van der Waals surface area contributed by atoms with Gasteiger partial charge in [-0.3, -0.25) is 9.52 Å². The Labute approximate surface area is 167 Å². The molecule has 27 heavy (non-hydrogen) atoms. The molecule has 0 heterocycles. The van der Waals surface area contributed by atoms with E-state index in [2.05, 4.69) is 10.0 Å². The molecule has 0 fully saturated rings. The van der Waals surface area contributed by atoms with E-state index in [1.54, 1.807) is 37.1 Å². The Balaban J connectivity index is 0.00000364. The quantitative estimate of drug-likeness (QED) is 0.734. The normalized spacial score (nSPS) is 10.8. The molecule has 0 bridgehead atoms. The summed E-state index contributed by atoms with van der Waals surface area (Å²) >= 11 is 0. The van der Waals surface area contributed by atoms with Gasteiger partial charge in [-0.1, -0.05) is 23.8 Å². The van der Waals surface area contributed by atoms with Crippen LogP contribution in [0.25, 0.3) is 0 Å². The second kappa shape index (κ2) is 9.73. The number of aryl methyl sites for hydroxylation is 2. The molecule has 0 unspecified atom stereocenters. The van der Waals surface area contributed by atoms with E-state index in [0.717, 1.165) is 11.1 Å². The zero-order valence-corrected chi connectivity index (χ0v) is 17.6. The predicted molar refractivity (Wildman–Crippen MR) is 111 cm³/mol. The highest BCUT2D eigenvalue weighted by atomic mass is 35.5. The van der Waals surface area contributed by atoms with Crippen LogP contribution >= 0.6 is 12.4 Å². The largest absolute Gasteiger partial charge is 0.340 e. The van der Waals surface area contributed by atoms with E-state index < -0.39 is 10.0 Å². The van der Waals surface area contributed by atoms with Crippen molar-refractivity contribution in [3.8, 4) is 0 Å². The van der Waals surface area contributed by atoms with Crippen molar-refractivity contribution in [2.45, 2.75) is 18.7 Å². The van der Waals surface area contributed by atoms with Gasteiger partial charge in [0.2, 0.25) is 0 Å². The number of carbonyl (C=O) groups excluding carboxylic acids is 1. The van der Waals surface area contributed by atoms with E-state index in [1.165, 1.54) is 12.1 Å². The van der Waals surface area contributed by atoms with E-state index in [4.69, 9.17) is 0 Å². The molecule has 0 spiro atoms. The van der Waals surface area contributed by atoms with Gasteiger partial charge in [-0.05, 0) is 50.7 Å². The molecule has 0 saturated carbocycles. The van der Waals surface area contributed by atoms with Crippen molar-refractivity contribution < 1.29 is 13.2 Å². The summed E-state index contributed by atoms with van der Waals surface area (Å²) in [5.41, 5.74) is 2.65. The highest BCUT2D eigenvalue weighted by Gasteiger charge is 2.20. The third kappa shape index (κ3) is 5.95. The molecule has 0 aromatic heterocycles. The first-order valence-electron chi connectivity index (χ1n) is 8.35. The Morgan fingerprint density at radius 2 is 1.70 bits per heavy atom. The maximum absolute atomic E-state index is 12.7. The summed E-state index contributed by atoms with van der Waals surface area (Å²) in [4.78, 5) is 14.3. The molecule has 2 rings (SSSR count). The first-order chi connectivity index (χ1) is 12.2. The zero-order chi connectivity index (χ0) is 19.3. The van der Waals surface area contributed by atoms with E-state index in [1.807, 2.05) is 26.1 Å². The molecule has 0 aliphatic heterocycles. The molecular weight excluding hydrogens is 386 g/mol. The molecule has 0 atom stereocenters. The van der Waals surface area contributed by atoms with Crippen molar-refractivity contribution in [2.75, 3.05) is 31.9 Å². The lowest BCUT2D eigenvalue weighted by Gasteiger charge is -2.19. The minimum Gasteiger partial charge on any atom is -0.340 e. The van der Waals surface area contributed by atoms with Crippen molar-refractivity contribution >= 4 is 34.0 Å². The van der Waals surface area contributed by atoms with Crippen LogP contribution in [0.4, 0.5) is 5.69 Å². The average molecular weight is 412 g/mol. The number of amides is 1. The van der Waals surface area contributed by atoms with Crippen molar-refractivity contribution in [1.29, 1.82) is 0 Å². The molecule has 148 valence electrons. The SMILES string of the molecule is CNCCN(C)C(=O)c1cc(S(=O)(=O)Nc2ccc(C)cc2)ccc1C.Cl. The van der Waals surface area contributed by atoms with E-state index in [-0.39, 0.29) is 23.2 Å². The number of sulfonamides is 1. The summed E-state index contributed by atoms with van der Waals surface area (Å²) in [7, 11) is -0.262. The van der Waals surface area contributed by atoms with Crippen LogP contribution in [0.1, 0.15) is 21.5 Å². The summed E-state index contributed by atoms with van der Waals surface area (Å²) in [5, 5.41) is 2.99. The Morgan fingerprint density at radius 1 is 1.07 bits per heavy atom. The number of nitrogens with one attached hydrogen (secondary N) is 2. The van der Waals surface area contributed by atoms with Gasteiger partial charge in [-0.15, -0.1) is 12.4 Å². The van der Waals surface area contributed by atoms with Crippen LogP contribution in [0.2, 0.25) is 0 Å². The lowest BCUT2D eigenvalue weighted by Crippen LogP contribution is -2.33. The van der Waals surface area contributed by atoms with Gasteiger partial charge in [-0.25, -0.2) is 8.42 Å². The molecule has 0 aliphatic rings. The third-order valence-electron chi connectivity index (χ3n) is 4.10. The van der Waals surface area contributed by atoms with E-state index >= 15 is 0 Å².